The van der Waals surface area contributed by atoms with Crippen LogP contribution in [0.15, 0.2) is 83.8 Å². The Morgan fingerprint density at radius 1 is 0.818 bits per heavy atom. The molecule has 33 heavy (non-hydrogen) atoms. The van der Waals surface area contributed by atoms with Crippen molar-refractivity contribution in [1.82, 2.24) is 9.97 Å². The molecule has 0 saturated heterocycles. The normalized spacial score (nSPS) is 11.3. The fourth-order valence-electron chi connectivity index (χ4n) is 3.34. The quantitative estimate of drug-likeness (QED) is 0.339. The summed E-state index contributed by atoms with van der Waals surface area (Å²) in [6.45, 7) is 0.400. The summed E-state index contributed by atoms with van der Waals surface area (Å²) in [7, 11) is -2.37. The third-order valence-corrected chi connectivity index (χ3v) is 6.44. The molecule has 0 aliphatic heterocycles. The van der Waals surface area contributed by atoms with Crippen LogP contribution < -0.4 is 14.2 Å². The minimum atomic E-state index is -3.89. The van der Waals surface area contributed by atoms with E-state index < -0.39 is 10.0 Å². The van der Waals surface area contributed by atoms with E-state index in [-0.39, 0.29) is 16.6 Å². The van der Waals surface area contributed by atoms with Crippen molar-refractivity contribution in [2.75, 3.05) is 18.4 Å². The molecule has 8 heteroatoms. The molecule has 0 aliphatic carbocycles. The van der Waals surface area contributed by atoms with Crippen LogP contribution in [0.25, 0.3) is 11.0 Å². The summed E-state index contributed by atoms with van der Waals surface area (Å²) in [5.41, 5.74) is 2.47. The second-order valence-electron chi connectivity index (χ2n) is 7.44. The molecule has 0 spiro atoms. The number of sulfonamides is 1. The lowest BCUT2D eigenvalue weighted by Crippen LogP contribution is -2.16. The molecular weight excluding hydrogens is 438 g/mol. The standard InChI is InChI=1S/C25H25N3O4S/c1-31-20-14-16-21(17-15-20)33(29,30)28-24-25(27-23-13-6-5-12-22(23)26-24)32-18-8-7-11-19-9-3-2-4-10-19/h2-6,9-10,12-17H,7-8,11,18H2,1H3,(H,26,28). The molecule has 1 heterocycles. The smallest absolute Gasteiger partial charge is 0.263 e. The molecular formula is C25H25N3O4S. The molecule has 0 fully saturated rings. The number of ether oxygens (including phenoxy) is 2. The van der Waals surface area contributed by atoms with Crippen molar-refractivity contribution in [3.63, 3.8) is 0 Å². The van der Waals surface area contributed by atoms with Gasteiger partial charge in [0.2, 0.25) is 5.82 Å². The molecule has 1 N–H and O–H groups in total. The predicted octanol–water partition coefficient (Wildman–Crippen LogP) is 4.84. The van der Waals surface area contributed by atoms with Gasteiger partial charge in [0.1, 0.15) is 5.75 Å². The lowest BCUT2D eigenvalue weighted by atomic mass is 10.1. The zero-order valence-electron chi connectivity index (χ0n) is 18.3. The Kier molecular flexibility index (Phi) is 7.04. The van der Waals surface area contributed by atoms with E-state index in [0.29, 0.717) is 23.4 Å². The molecule has 0 amide bonds. The van der Waals surface area contributed by atoms with Gasteiger partial charge < -0.3 is 9.47 Å². The second kappa shape index (κ2) is 10.3. The van der Waals surface area contributed by atoms with E-state index in [4.69, 9.17) is 9.47 Å². The lowest BCUT2D eigenvalue weighted by molar-refractivity contribution is 0.297. The van der Waals surface area contributed by atoms with Gasteiger partial charge in [0, 0.05) is 0 Å². The van der Waals surface area contributed by atoms with Crippen molar-refractivity contribution in [1.29, 1.82) is 0 Å². The third kappa shape index (κ3) is 5.78. The molecule has 0 radical (unpaired) electrons. The van der Waals surface area contributed by atoms with Gasteiger partial charge in [0.25, 0.3) is 15.9 Å². The Hall–Kier alpha value is -3.65. The molecule has 0 bridgehead atoms. The zero-order chi connectivity index (χ0) is 23.1. The van der Waals surface area contributed by atoms with Crippen LogP contribution in [-0.2, 0) is 16.4 Å². The number of para-hydroxylation sites is 2. The molecule has 0 unspecified atom stereocenters. The lowest BCUT2D eigenvalue weighted by Gasteiger charge is -2.13. The number of aryl methyl sites for hydroxylation is 1. The predicted molar refractivity (Wildman–Crippen MR) is 128 cm³/mol. The fraction of sp³-hybridized carbons (Fsp3) is 0.200. The summed E-state index contributed by atoms with van der Waals surface area (Å²) in [6, 6.07) is 23.6. The van der Waals surface area contributed by atoms with E-state index in [2.05, 4.69) is 26.8 Å². The van der Waals surface area contributed by atoms with Crippen molar-refractivity contribution in [2.24, 2.45) is 0 Å². The summed E-state index contributed by atoms with van der Waals surface area (Å²) < 4.78 is 39.4. The summed E-state index contributed by atoms with van der Waals surface area (Å²) >= 11 is 0. The molecule has 7 nitrogen and oxygen atoms in total. The van der Waals surface area contributed by atoms with Gasteiger partial charge in [-0.25, -0.2) is 18.4 Å². The number of aromatic nitrogens is 2. The number of fused-ring (bicyclic) bond motifs is 1. The minimum absolute atomic E-state index is 0.0626. The van der Waals surface area contributed by atoms with Crippen molar-refractivity contribution >= 4 is 26.9 Å². The van der Waals surface area contributed by atoms with Crippen LogP contribution >= 0.6 is 0 Å². The molecule has 4 aromatic rings. The Morgan fingerprint density at radius 3 is 2.18 bits per heavy atom. The highest BCUT2D eigenvalue weighted by Crippen LogP contribution is 2.27. The second-order valence-corrected chi connectivity index (χ2v) is 9.12. The van der Waals surface area contributed by atoms with Crippen molar-refractivity contribution in [3.05, 3.63) is 84.4 Å². The highest BCUT2D eigenvalue weighted by atomic mass is 32.2. The van der Waals surface area contributed by atoms with Crippen LogP contribution in [0.2, 0.25) is 0 Å². The number of benzene rings is 3. The largest absolute Gasteiger partial charge is 0.497 e. The van der Waals surface area contributed by atoms with E-state index in [1.165, 1.54) is 24.8 Å². The van der Waals surface area contributed by atoms with Crippen LogP contribution in [0.3, 0.4) is 0 Å². The van der Waals surface area contributed by atoms with Crippen molar-refractivity contribution in [2.45, 2.75) is 24.2 Å². The van der Waals surface area contributed by atoms with E-state index in [9.17, 15) is 8.42 Å². The van der Waals surface area contributed by atoms with E-state index >= 15 is 0 Å². The number of nitrogens with one attached hydrogen (secondary N) is 1. The minimum Gasteiger partial charge on any atom is -0.497 e. The summed E-state index contributed by atoms with van der Waals surface area (Å²) in [5, 5.41) is 0. The first-order valence-corrected chi connectivity index (χ1v) is 12.1. The van der Waals surface area contributed by atoms with Gasteiger partial charge in [0.05, 0.1) is 29.6 Å². The first kappa shape index (κ1) is 22.5. The maximum Gasteiger partial charge on any atom is 0.263 e. The number of methoxy groups -OCH3 is 1. The van der Waals surface area contributed by atoms with Gasteiger partial charge in [-0.05, 0) is 61.2 Å². The van der Waals surface area contributed by atoms with Crippen LogP contribution in [0.1, 0.15) is 18.4 Å². The number of anilines is 1. The fourth-order valence-corrected chi connectivity index (χ4v) is 4.34. The molecule has 170 valence electrons. The van der Waals surface area contributed by atoms with Gasteiger partial charge in [0.15, 0.2) is 0 Å². The molecule has 0 atom stereocenters. The van der Waals surface area contributed by atoms with E-state index in [1.807, 2.05) is 36.4 Å². The molecule has 1 aromatic heterocycles. The first-order valence-electron chi connectivity index (χ1n) is 10.7. The summed E-state index contributed by atoms with van der Waals surface area (Å²) in [6.07, 6.45) is 2.69. The monoisotopic (exact) mass is 463 g/mol. The Balaban J connectivity index is 1.50. The Morgan fingerprint density at radius 2 is 1.48 bits per heavy atom. The van der Waals surface area contributed by atoms with Gasteiger partial charge >= 0.3 is 0 Å². The highest BCUT2D eigenvalue weighted by molar-refractivity contribution is 7.92. The molecule has 0 saturated carbocycles. The number of unbranched alkanes of at least 4 members (excludes halogenated alkanes) is 1. The number of hydrogen-bond donors (Lipinski definition) is 1. The van der Waals surface area contributed by atoms with Gasteiger partial charge in [-0.2, -0.15) is 0 Å². The SMILES string of the molecule is COc1ccc(S(=O)(=O)Nc2nc3ccccc3nc2OCCCCc2ccccc2)cc1. The molecule has 4 rings (SSSR count). The topological polar surface area (TPSA) is 90.4 Å². The van der Waals surface area contributed by atoms with Gasteiger partial charge in [-0.1, -0.05) is 42.5 Å². The van der Waals surface area contributed by atoms with Gasteiger partial charge in [-0.15, -0.1) is 0 Å². The van der Waals surface area contributed by atoms with E-state index in [0.717, 1.165) is 19.3 Å². The van der Waals surface area contributed by atoms with Crippen LogP contribution in [0.4, 0.5) is 5.82 Å². The number of nitrogens with zero attached hydrogens (tertiary/aromatic N) is 2. The molecule has 0 aliphatic rings. The highest BCUT2D eigenvalue weighted by Gasteiger charge is 2.20. The van der Waals surface area contributed by atoms with Gasteiger partial charge in [-0.3, -0.25) is 4.72 Å². The van der Waals surface area contributed by atoms with Crippen LogP contribution in [0, 0.1) is 0 Å². The maximum absolute atomic E-state index is 12.9. The Labute approximate surface area is 193 Å². The van der Waals surface area contributed by atoms with Crippen molar-refractivity contribution < 1.29 is 17.9 Å². The number of rotatable bonds is 10. The van der Waals surface area contributed by atoms with Crippen molar-refractivity contribution in [3.8, 4) is 11.6 Å². The van der Waals surface area contributed by atoms with E-state index in [1.54, 1.807) is 18.2 Å². The summed E-state index contributed by atoms with van der Waals surface area (Å²) in [5.74, 6) is 0.789. The van der Waals surface area contributed by atoms with Crippen LogP contribution in [0.5, 0.6) is 11.6 Å². The molecule has 3 aromatic carbocycles. The Bertz CT molecular complexity index is 1310. The van der Waals surface area contributed by atoms with Crippen LogP contribution in [-0.4, -0.2) is 32.1 Å². The first-order chi connectivity index (χ1) is 16.0. The third-order valence-electron chi connectivity index (χ3n) is 5.08. The average molecular weight is 464 g/mol. The zero-order valence-corrected chi connectivity index (χ0v) is 19.1. The maximum atomic E-state index is 12.9. The average Bonchev–Trinajstić information content (AvgIpc) is 2.84. The number of hydrogen-bond acceptors (Lipinski definition) is 6. The summed E-state index contributed by atoms with van der Waals surface area (Å²) in [4.78, 5) is 9.06.